The minimum absolute atomic E-state index is 0.126. The number of carbonyl (C=O) groups is 2. The van der Waals surface area contributed by atoms with Crippen LogP contribution in [0.4, 0.5) is 4.79 Å². The van der Waals surface area contributed by atoms with Crippen LogP contribution in [0.2, 0.25) is 0 Å². The SMILES string of the molecule is CCCN(CC(=O)O)C(=O)N1CCC(C)CC1C. The van der Waals surface area contributed by atoms with Crippen LogP contribution in [0.1, 0.15) is 40.0 Å². The number of likely N-dealkylation sites (tertiary alicyclic amines) is 1. The highest BCUT2D eigenvalue weighted by Gasteiger charge is 2.30. The standard InChI is InChI=1S/C13H24N2O3/c1-4-6-14(9-12(16)17)13(18)15-7-5-10(2)8-11(15)3/h10-11H,4-9H2,1-3H3,(H,16,17). The zero-order chi connectivity index (χ0) is 13.7. The Kier molecular flexibility index (Phi) is 5.44. The summed E-state index contributed by atoms with van der Waals surface area (Å²) < 4.78 is 0. The molecule has 1 rings (SSSR count). The number of carboxylic acids is 1. The van der Waals surface area contributed by atoms with Crippen LogP contribution in [-0.2, 0) is 4.79 Å². The number of carboxylic acid groups (broad SMARTS) is 1. The second-order valence-electron chi connectivity index (χ2n) is 5.27. The van der Waals surface area contributed by atoms with Crippen LogP contribution >= 0.6 is 0 Å². The summed E-state index contributed by atoms with van der Waals surface area (Å²) in [4.78, 5) is 26.4. The van der Waals surface area contributed by atoms with E-state index in [2.05, 4.69) is 6.92 Å². The molecule has 0 radical (unpaired) electrons. The Balaban J connectivity index is 2.66. The molecule has 0 saturated carbocycles. The van der Waals surface area contributed by atoms with Crippen LogP contribution in [0.5, 0.6) is 0 Å². The zero-order valence-corrected chi connectivity index (χ0v) is 11.6. The van der Waals surface area contributed by atoms with E-state index in [-0.39, 0.29) is 18.6 Å². The molecule has 0 aromatic heterocycles. The van der Waals surface area contributed by atoms with Crippen molar-refractivity contribution >= 4 is 12.0 Å². The topological polar surface area (TPSA) is 60.9 Å². The quantitative estimate of drug-likeness (QED) is 0.837. The second-order valence-corrected chi connectivity index (χ2v) is 5.27. The number of amides is 2. The Morgan fingerprint density at radius 2 is 2.06 bits per heavy atom. The minimum Gasteiger partial charge on any atom is -0.480 e. The molecule has 0 aromatic carbocycles. The normalized spacial score (nSPS) is 23.8. The van der Waals surface area contributed by atoms with E-state index in [0.29, 0.717) is 12.5 Å². The predicted molar refractivity (Wildman–Crippen MR) is 69.5 cm³/mol. The molecular weight excluding hydrogens is 232 g/mol. The van der Waals surface area contributed by atoms with Gasteiger partial charge in [0, 0.05) is 19.1 Å². The van der Waals surface area contributed by atoms with Crippen molar-refractivity contribution in [3.63, 3.8) is 0 Å². The van der Waals surface area contributed by atoms with Crippen molar-refractivity contribution in [2.24, 2.45) is 5.92 Å². The lowest BCUT2D eigenvalue weighted by molar-refractivity contribution is -0.137. The average Bonchev–Trinajstić information content (AvgIpc) is 2.27. The molecule has 0 aromatic rings. The maximum atomic E-state index is 12.3. The molecule has 1 heterocycles. The van der Waals surface area contributed by atoms with Crippen molar-refractivity contribution < 1.29 is 14.7 Å². The fraction of sp³-hybridized carbons (Fsp3) is 0.846. The smallest absolute Gasteiger partial charge is 0.323 e. The Bertz CT molecular complexity index is 307. The van der Waals surface area contributed by atoms with Crippen molar-refractivity contribution in [2.45, 2.75) is 46.1 Å². The van der Waals surface area contributed by atoms with E-state index in [1.165, 1.54) is 4.90 Å². The summed E-state index contributed by atoms with van der Waals surface area (Å²) in [5.74, 6) is -0.307. The van der Waals surface area contributed by atoms with Gasteiger partial charge >= 0.3 is 12.0 Å². The summed E-state index contributed by atoms with van der Waals surface area (Å²) in [6.45, 7) is 7.22. The molecule has 1 N–H and O–H groups in total. The lowest BCUT2D eigenvalue weighted by Gasteiger charge is -2.39. The van der Waals surface area contributed by atoms with Gasteiger partial charge in [0.1, 0.15) is 6.54 Å². The average molecular weight is 256 g/mol. The molecule has 1 saturated heterocycles. The summed E-state index contributed by atoms with van der Waals surface area (Å²) in [6.07, 6.45) is 2.78. The third-order valence-electron chi connectivity index (χ3n) is 3.47. The van der Waals surface area contributed by atoms with Crippen LogP contribution in [0.15, 0.2) is 0 Å². The summed E-state index contributed by atoms with van der Waals surface area (Å²) >= 11 is 0. The molecule has 5 heteroatoms. The van der Waals surface area contributed by atoms with Gasteiger partial charge in [-0.15, -0.1) is 0 Å². The minimum atomic E-state index is -0.949. The second kappa shape index (κ2) is 6.61. The largest absolute Gasteiger partial charge is 0.480 e. The third-order valence-corrected chi connectivity index (χ3v) is 3.47. The van der Waals surface area contributed by atoms with E-state index >= 15 is 0 Å². The van der Waals surface area contributed by atoms with Crippen LogP contribution in [-0.4, -0.2) is 52.6 Å². The number of nitrogens with zero attached hydrogens (tertiary/aromatic N) is 2. The maximum Gasteiger partial charge on any atom is 0.323 e. The lowest BCUT2D eigenvalue weighted by atomic mass is 9.94. The highest BCUT2D eigenvalue weighted by Crippen LogP contribution is 2.23. The van der Waals surface area contributed by atoms with Crippen molar-refractivity contribution in [1.29, 1.82) is 0 Å². The molecule has 1 aliphatic heterocycles. The Morgan fingerprint density at radius 3 is 2.56 bits per heavy atom. The summed E-state index contributed by atoms with van der Waals surface area (Å²) in [5.41, 5.74) is 0. The van der Waals surface area contributed by atoms with Gasteiger partial charge in [0.05, 0.1) is 0 Å². The van der Waals surface area contributed by atoms with Crippen LogP contribution in [0, 0.1) is 5.92 Å². The maximum absolute atomic E-state index is 12.3. The van der Waals surface area contributed by atoms with Crippen LogP contribution in [0.25, 0.3) is 0 Å². The molecule has 104 valence electrons. The fourth-order valence-electron chi connectivity index (χ4n) is 2.55. The fourth-order valence-corrected chi connectivity index (χ4v) is 2.55. The molecular formula is C13H24N2O3. The number of carbonyl (C=O) groups excluding carboxylic acids is 1. The first-order valence-corrected chi connectivity index (χ1v) is 6.73. The van der Waals surface area contributed by atoms with Gasteiger partial charge in [-0.2, -0.15) is 0 Å². The third kappa shape index (κ3) is 3.89. The first kappa shape index (κ1) is 14.8. The molecule has 0 aliphatic carbocycles. The predicted octanol–water partition coefficient (Wildman–Crippen LogP) is 2.02. The number of hydrogen-bond acceptors (Lipinski definition) is 2. The number of hydrogen-bond donors (Lipinski definition) is 1. The first-order valence-electron chi connectivity index (χ1n) is 6.73. The monoisotopic (exact) mass is 256 g/mol. The van der Waals surface area contributed by atoms with Crippen molar-refractivity contribution in [1.82, 2.24) is 9.80 Å². The summed E-state index contributed by atoms with van der Waals surface area (Å²) in [5, 5.41) is 8.85. The molecule has 5 nitrogen and oxygen atoms in total. The number of urea groups is 1. The van der Waals surface area contributed by atoms with E-state index in [4.69, 9.17) is 5.11 Å². The van der Waals surface area contributed by atoms with Gasteiger partial charge in [0.15, 0.2) is 0 Å². The van der Waals surface area contributed by atoms with Gasteiger partial charge in [-0.25, -0.2) is 4.79 Å². The summed E-state index contributed by atoms with van der Waals surface area (Å²) in [6, 6.07) is 0.0769. The van der Waals surface area contributed by atoms with Gasteiger partial charge in [-0.3, -0.25) is 4.79 Å². The van der Waals surface area contributed by atoms with Gasteiger partial charge in [0.2, 0.25) is 0 Å². The molecule has 1 fully saturated rings. The zero-order valence-electron chi connectivity index (χ0n) is 11.6. The van der Waals surface area contributed by atoms with Gasteiger partial charge in [-0.05, 0) is 32.1 Å². The van der Waals surface area contributed by atoms with E-state index in [9.17, 15) is 9.59 Å². The van der Waals surface area contributed by atoms with E-state index in [1.807, 2.05) is 18.7 Å². The number of piperidine rings is 1. The van der Waals surface area contributed by atoms with Gasteiger partial charge in [0.25, 0.3) is 0 Å². The van der Waals surface area contributed by atoms with Crippen LogP contribution < -0.4 is 0 Å². The Hall–Kier alpha value is -1.26. The van der Waals surface area contributed by atoms with Gasteiger partial charge < -0.3 is 14.9 Å². The molecule has 18 heavy (non-hydrogen) atoms. The van der Waals surface area contributed by atoms with E-state index in [0.717, 1.165) is 25.8 Å². The number of rotatable bonds is 4. The van der Waals surface area contributed by atoms with E-state index < -0.39 is 5.97 Å². The molecule has 1 aliphatic rings. The molecule has 2 amide bonds. The molecule has 0 spiro atoms. The van der Waals surface area contributed by atoms with Crippen molar-refractivity contribution in [3.05, 3.63) is 0 Å². The first-order chi connectivity index (χ1) is 8.45. The highest BCUT2D eigenvalue weighted by molar-refractivity contribution is 5.80. The highest BCUT2D eigenvalue weighted by atomic mass is 16.4. The van der Waals surface area contributed by atoms with Crippen molar-refractivity contribution in [3.8, 4) is 0 Å². The Morgan fingerprint density at radius 1 is 1.39 bits per heavy atom. The Labute approximate surface area is 109 Å². The number of aliphatic carboxylic acids is 1. The van der Waals surface area contributed by atoms with Crippen molar-refractivity contribution in [2.75, 3.05) is 19.6 Å². The molecule has 0 bridgehead atoms. The van der Waals surface area contributed by atoms with Crippen LogP contribution in [0.3, 0.4) is 0 Å². The summed E-state index contributed by atoms with van der Waals surface area (Å²) in [7, 11) is 0. The molecule has 2 unspecified atom stereocenters. The van der Waals surface area contributed by atoms with Gasteiger partial charge in [-0.1, -0.05) is 13.8 Å². The van der Waals surface area contributed by atoms with E-state index in [1.54, 1.807) is 0 Å². The molecule has 2 atom stereocenters. The lowest BCUT2D eigenvalue weighted by Crippen LogP contribution is -2.51.